The molecule has 2 aromatic heterocycles. The number of benzene rings is 1. The Morgan fingerprint density at radius 1 is 1.32 bits per heavy atom. The van der Waals surface area contributed by atoms with Crippen molar-refractivity contribution in [3.63, 3.8) is 0 Å². The molecule has 110 valence electrons. The number of nitro benzene ring substituents is 1. The van der Waals surface area contributed by atoms with Crippen molar-refractivity contribution in [1.82, 2.24) is 4.57 Å². The molecule has 0 N–H and O–H groups in total. The van der Waals surface area contributed by atoms with Gasteiger partial charge in [0.05, 0.1) is 10.4 Å². The van der Waals surface area contributed by atoms with E-state index in [0.29, 0.717) is 4.88 Å². The number of nitro groups is 1. The molecule has 5 nitrogen and oxygen atoms in total. The van der Waals surface area contributed by atoms with Gasteiger partial charge in [0, 0.05) is 40.2 Å². The molecule has 6 heteroatoms. The fourth-order valence-corrected chi connectivity index (χ4v) is 3.35. The van der Waals surface area contributed by atoms with Crippen LogP contribution >= 0.6 is 11.3 Å². The zero-order valence-electron chi connectivity index (χ0n) is 12.1. The van der Waals surface area contributed by atoms with E-state index in [0.717, 1.165) is 21.3 Å². The molecule has 0 fully saturated rings. The van der Waals surface area contributed by atoms with Gasteiger partial charge < -0.3 is 4.57 Å². The minimum Gasteiger partial charge on any atom is -0.344 e. The van der Waals surface area contributed by atoms with Crippen molar-refractivity contribution in [2.75, 3.05) is 0 Å². The lowest BCUT2D eigenvalue weighted by Crippen LogP contribution is -1.98. The van der Waals surface area contributed by atoms with Gasteiger partial charge in [-0.3, -0.25) is 10.1 Å². The van der Waals surface area contributed by atoms with Crippen LogP contribution in [0.3, 0.4) is 0 Å². The summed E-state index contributed by atoms with van der Waals surface area (Å²) in [5, 5.41) is 21.0. The summed E-state index contributed by atoms with van der Waals surface area (Å²) in [6.07, 6.45) is 2.01. The topological polar surface area (TPSA) is 71.9 Å². The largest absolute Gasteiger partial charge is 0.344 e. The quantitative estimate of drug-likeness (QED) is 0.518. The molecule has 0 radical (unpaired) electrons. The number of nitriles is 1. The molecule has 0 spiro atoms. The van der Waals surface area contributed by atoms with E-state index in [4.69, 9.17) is 5.26 Å². The average molecular weight is 311 g/mol. The number of nitrogens with zero attached hydrogens (tertiary/aromatic N) is 3. The SMILES string of the molecule is CC(C)n1cc(-c2ccc(C#N)s2)c2ccc([N+](=O)[O-])cc21. The number of hydrogen-bond acceptors (Lipinski definition) is 4. The van der Waals surface area contributed by atoms with Gasteiger partial charge in [0.2, 0.25) is 0 Å². The minimum absolute atomic E-state index is 0.0861. The van der Waals surface area contributed by atoms with Crippen LogP contribution in [-0.4, -0.2) is 9.49 Å². The van der Waals surface area contributed by atoms with Crippen LogP contribution in [0.25, 0.3) is 21.3 Å². The summed E-state index contributed by atoms with van der Waals surface area (Å²) in [7, 11) is 0. The van der Waals surface area contributed by atoms with E-state index in [9.17, 15) is 10.1 Å². The predicted octanol–water partition coefficient (Wildman–Crippen LogP) is 4.73. The smallest absolute Gasteiger partial charge is 0.271 e. The highest BCUT2D eigenvalue weighted by Crippen LogP contribution is 2.37. The van der Waals surface area contributed by atoms with Gasteiger partial charge >= 0.3 is 0 Å². The van der Waals surface area contributed by atoms with Crippen LogP contribution in [0, 0.1) is 21.4 Å². The summed E-state index contributed by atoms with van der Waals surface area (Å²) in [4.78, 5) is 12.3. The molecular formula is C16H13N3O2S. The Balaban J connectivity index is 2.27. The first-order chi connectivity index (χ1) is 10.5. The summed E-state index contributed by atoms with van der Waals surface area (Å²) >= 11 is 1.43. The summed E-state index contributed by atoms with van der Waals surface area (Å²) in [5.41, 5.74) is 1.93. The Labute approximate surface area is 131 Å². The Hall–Kier alpha value is -2.65. The molecule has 2 heterocycles. The maximum Gasteiger partial charge on any atom is 0.271 e. The first kappa shape index (κ1) is 14.3. The lowest BCUT2D eigenvalue weighted by Gasteiger charge is -2.08. The van der Waals surface area contributed by atoms with Gasteiger partial charge in [0.25, 0.3) is 5.69 Å². The number of thiophene rings is 1. The number of rotatable bonds is 3. The molecule has 0 saturated carbocycles. The van der Waals surface area contributed by atoms with Crippen LogP contribution in [0.1, 0.15) is 24.8 Å². The Morgan fingerprint density at radius 2 is 2.09 bits per heavy atom. The number of hydrogen-bond donors (Lipinski definition) is 0. The van der Waals surface area contributed by atoms with Crippen LogP contribution in [0.15, 0.2) is 36.5 Å². The molecule has 0 atom stereocenters. The van der Waals surface area contributed by atoms with Gasteiger partial charge in [-0.05, 0) is 32.0 Å². The fourth-order valence-electron chi connectivity index (χ4n) is 2.52. The molecule has 0 aliphatic carbocycles. The van der Waals surface area contributed by atoms with E-state index in [1.165, 1.54) is 17.4 Å². The number of fused-ring (bicyclic) bond motifs is 1. The molecule has 1 aromatic carbocycles. The summed E-state index contributed by atoms with van der Waals surface area (Å²) in [6, 6.07) is 11.0. The van der Waals surface area contributed by atoms with E-state index in [1.54, 1.807) is 18.2 Å². The maximum atomic E-state index is 11.0. The van der Waals surface area contributed by atoms with Crippen molar-refractivity contribution in [3.05, 3.63) is 51.5 Å². The molecular weight excluding hydrogens is 298 g/mol. The monoisotopic (exact) mass is 311 g/mol. The van der Waals surface area contributed by atoms with Crippen LogP contribution in [0.2, 0.25) is 0 Å². The predicted molar refractivity (Wildman–Crippen MR) is 87.0 cm³/mol. The highest BCUT2D eigenvalue weighted by molar-refractivity contribution is 7.16. The minimum atomic E-state index is -0.379. The van der Waals surface area contributed by atoms with E-state index in [-0.39, 0.29) is 16.7 Å². The molecule has 3 aromatic rings. The molecule has 0 aliphatic heterocycles. The number of non-ortho nitro benzene ring substituents is 1. The van der Waals surface area contributed by atoms with Gasteiger partial charge in [-0.1, -0.05) is 0 Å². The molecule has 22 heavy (non-hydrogen) atoms. The second-order valence-electron chi connectivity index (χ2n) is 5.28. The second-order valence-corrected chi connectivity index (χ2v) is 6.36. The van der Waals surface area contributed by atoms with Crippen molar-refractivity contribution in [2.45, 2.75) is 19.9 Å². The third-order valence-electron chi connectivity index (χ3n) is 3.57. The Morgan fingerprint density at radius 3 is 2.68 bits per heavy atom. The first-order valence-corrected chi connectivity index (χ1v) is 7.62. The molecule has 0 unspecified atom stereocenters. The zero-order chi connectivity index (χ0) is 15.9. The van der Waals surface area contributed by atoms with Gasteiger partial charge in [-0.25, -0.2) is 0 Å². The standard InChI is InChI=1S/C16H13N3O2S/c1-10(2)18-9-14(16-6-4-12(8-17)22-16)13-5-3-11(19(20)21)7-15(13)18/h3-7,9-10H,1-2H3. The second kappa shape index (κ2) is 5.28. The summed E-state index contributed by atoms with van der Waals surface area (Å²) in [6.45, 7) is 4.08. The van der Waals surface area contributed by atoms with Crippen molar-refractivity contribution < 1.29 is 4.92 Å². The van der Waals surface area contributed by atoms with Gasteiger partial charge in [0.1, 0.15) is 10.9 Å². The van der Waals surface area contributed by atoms with Crippen molar-refractivity contribution in [3.8, 4) is 16.5 Å². The molecule has 0 bridgehead atoms. The average Bonchev–Trinajstić information content (AvgIpc) is 3.10. The van der Waals surface area contributed by atoms with Crippen molar-refractivity contribution in [1.29, 1.82) is 5.26 Å². The third-order valence-corrected chi connectivity index (χ3v) is 4.59. The first-order valence-electron chi connectivity index (χ1n) is 6.80. The van der Waals surface area contributed by atoms with Gasteiger partial charge in [-0.15, -0.1) is 11.3 Å². The molecule has 0 saturated heterocycles. The van der Waals surface area contributed by atoms with E-state index < -0.39 is 0 Å². The van der Waals surface area contributed by atoms with E-state index in [2.05, 4.69) is 6.07 Å². The van der Waals surface area contributed by atoms with E-state index >= 15 is 0 Å². The third kappa shape index (κ3) is 2.26. The lowest BCUT2D eigenvalue weighted by molar-refractivity contribution is -0.384. The summed E-state index contributed by atoms with van der Waals surface area (Å²) in [5.74, 6) is 0. The van der Waals surface area contributed by atoms with E-state index in [1.807, 2.05) is 30.7 Å². The zero-order valence-corrected chi connectivity index (χ0v) is 12.9. The van der Waals surface area contributed by atoms with Crippen LogP contribution < -0.4 is 0 Å². The van der Waals surface area contributed by atoms with Crippen LogP contribution in [-0.2, 0) is 0 Å². The molecule has 0 aliphatic rings. The maximum absolute atomic E-state index is 11.0. The highest BCUT2D eigenvalue weighted by Gasteiger charge is 2.17. The van der Waals surface area contributed by atoms with Gasteiger partial charge in [0.15, 0.2) is 0 Å². The molecule has 0 amide bonds. The Kier molecular flexibility index (Phi) is 3.43. The van der Waals surface area contributed by atoms with Crippen LogP contribution in [0.4, 0.5) is 5.69 Å². The lowest BCUT2D eigenvalue weighted by atomic mass is 10.1. The van der Waals surface area contributed by atoms with Gasteiger partial charge in [-0.2, -0.15) is 5.26 Å². The van der Waals surface area contributed by atoms with Crippen molar-refractivity contribution in [2.24, 2.45) is 0 Å². The highest BCUT2D eigenvalue weighted by atomic mass is 32.1. The Bertz CT molecular complexity index is 915. The summed E-state index contributed by atoms with van der Waals surface area (Å²) < 4.78 is 2.03. The normalized spacial score (nSPS) is 11.0. The fraction of sp³-hybridized carbons (Fsp3) is 0.188. The van der Waals surface area contributed by atoms with Crippen LogP contribution in [0.5, 0.6) is 0 Å². The number of aromatic nitrogens is 1. The van der Waals surface area contributed by atoms with Crippen molar-refractivity contribution >= 4 is 27.9 Å². The molecule has 3 rings (SSSR count).